The molecule has 0 N–H and O–H groups in total. The lowest BCUT2D eigenvalue weighted by Crippen LogP contribution is -2.12. The minimum absolute atomic E-state index is 1.08. The van der Waals surface area contributed by atoms with Gasteiger partial charge in [-0.05, 0) is 98.2 Å². The van der Waals surface area contributed by atoms with Crippen molar-refractivity contribution in [3.8, 4) is 50.2 Å². The van der Waals surface area contributed by atoms with Crippen molar-refractivity contribution >= 4 is 49.6 Å². The third kappa shape index (κ3) is 6.06. The van der Waals surface area contributed by atoms with Crippen molar-refractivity contribution in [1.29, 1.82) is 0 Å². The van der Waals surface area contributed by atoms with Crippen LogP contribution in [0.5, 0.6) is 0 Å². The van der Waals surface area contributed by atoms with Gasteiger partial charge in [-0.25, -0.2) is 0 Å². The zero-order valence-electron chi connectivity index (χ0n) is 33.0. The van der Waals surface area contributed by atoms with E-state index in [1.165, 1.54) is 66.0 Å². The Morgan fingerprint density at radius 2 is 0.800 bits per heavy atom. The standard InChI is InChI=1S/C58H40N2/c1-3-20-41(21-4-1)47-29-9-10-30-49(47)50-31-11-12-32-51(50)52-33-13-15-36-54(52)60(45-27-17-24-43(40-45)48-35-18-23-42-22-7-8-28-46(42)48)57-39-19-38-56-58(57)53-34-14-16-37-55(53)59(56)44-25-5-2-6-26-44/h1-40H. The first-order valence-electron chi connectivity index (χ1n) is 20.6. The molecule has 0 fully saturated rings. The maximum absolute atomic E-state index is 2.49. The van der Waals surface area contributed by atoms with Gasteiger partial charge >= 0.3 is 0 Å². The molecule has 10 aromatic carbocycles. The van der Waals surface area contributed by atoms with Crippen LogP contribution in [-0.2, 0) is 0 Å². The second kappa shape index (κ2) is 15.1. The highest BCUT2D eigenvalue weighted by Gasteiger charge is 2.24. The van der Waals surface area contributed by atoms with Crippen molar-refractivity contribution in [2.24, 2.45) is 0 Å². The summed E-state index contributed by atoms with van der Waals surface area (Å²) in [6.45, 7) is 0. The lowest BCUT2D eigenvalue weighted by atomic mass is 9.88. The molecule has 0 aliphatic heterocycles. The van der Waals surface area contributed by atoms with Gasteiger partial charge in [-0.2, -0.15) is 0 Å². The van der Waals surface area contributed by atoms with Gasteiger partial charge < -0.3 is 9.47 Å². The average molecular weight is 765 g/mol. The van der Waals surface area contributed by atoms with E-state index in [0.717, 1.165) is 33.8 Å². The maximum atomic E-state index is 2.49. The van der Waals surface area contributed by atoms with Gasteiger partial charge in [0.25, 0.3) is 0 Å². The van der Waals surface area contributed by atoms with Gasteiger partial charge in [-0.3, -0.25) is 0 Å². The Hall–Kier alpha value is -7.94. The summed E-state index contributed by atoms with van der Waals surface area (Å²) in [6, 6.07) is 88.0. The Morgan fingerprint density at radius 1 is 0.300 bits per heavy atom. The zero-order valence-corrected chi connectivity index (χ0v) is 33.0. The topological polar surface area (TPSA) is 8.17 Å². The summed E-state index contributed by atoms with van der Waals surface area (Å²) in [5.74, 6) is 0. The first kappa shape index (κ1) is 35.2. The van der Waals surface area contributed by atoms with Gasteiger partial charge in [0.15, 0.2) is 0 Å². The molecule has 1 aromatic heterocycles. The number of benzene rings is 10. The van der Waals surface area contributed by atoms with Crippen LogP contribution in [0.25, 0.3) is 82.8 Å². The highest BCUT2D eigenvalue weighted by atomic mass is 15.2. The predicted octanol–water partition coefficient (Wildman–Crippen LogP) is 16.1. The van der Waals surface area contributed by atoms with E-state index >= 15 is 0 Å². The van der Waals surface area contributed by atoms with Crippen LogP contribution in [0.1, 0.15) is 0 Å². The zero-order chi connectivity index (χ0) is 39.8. The van der Waals surface area contributed by atoms with Gasteiger partial charge in [0.1, 0.15) is 0 Å². The van der Waals surface area contributed by atoms with Gasteiger partial charge in [-0.1, -0.05) is 194 Å². The second-order valence-corrected chi connectivity index (χ2v) is 15.2. The minimum atomic E-state index is 1.08. The van der Waals surface area contributed by atoms with Gasteiger partial charge in [-0.15, -0.1) is 0 Å². The fourth-order valence-electron chi connectivity index (χ4n) is 9.18. The number of fused-ring (bicyclic) bond motifs is 4. The van der Waals surface area contributed by atoms with Crippen LogP contribution < -0.4 is 4.90 Å². The molecular formula is C58H40N2. The van der Waals surface area contributed by atoms with Gasteiger partial charge in [0.05, 0.1) is 22.4 Å². The van der Waals surface area contributed by atoms with E-state index in [1.54, 1.807) is 0 Å². The Balaban J connectivity index is 1.19. The van der Waals surface area contributed by atoms with Crippen molar-refractivity contribution in [2.75, 3.05) is 4.90 Å². The number of aromatic nitrogens is 1. The molecule has 0 unspecified atom stereocenters. The second-order valence-electron chi connectivity index (χ2n) is 15.2. The first-order valence-corrected chi connectivity index (χ1v) is 20.6. The molecule has 282 valence electrons. The van der Waals surface area contributed by atoms with Gasteiger partial charge in [0.2, 0.25) is 0 Å². The summed E-state index contributed by atoms with van der Waals surface area (Å²) in [7, 11) is 0. The normalized spacial score (nSPS) is 11.3. The van der Waals surface area contributed by atoms with Crippen molar-refractivity contribution in [3.63, 3.8) is 0 Å². The first-order chi connectivity index (χ1) is 29.8. The number of nitrogens with zero attached hydrogens (tertiary/aromatic N) is 2. The van der Waals surface area contributed by atoms with Crippen LogP contribution >= 0.6 is 0 Å². The van der Waals surface area contributed by atoms with E-state index in [1.807, 2.05) is 0 Å². The number of rotatable bonds is 8. The van der Waals surface area contributed by atoms with E-state index in [0.29, 0.717) is 0 Å². The molecule has 11 rings (SSSR count). The minimum Gasteiger partial charge on any atom is -0.309 e. The lowest BCUT2D eigenvalue weighted by molar-refractivity contribution is 1.18. The third-order valence-electron chi connectivity index (χ3n) is 11.8. The van der Waals surface area contributed by atoms with E-state index in [9.17, 15) is 0 Å². The molecule has 0 saturated heterocycles. The molecule has 11 aromatic rings. The Morgan fingerprint density at radius 3 is 1.60 bits per heavy atom. The summed E-state index contributed by atoms with van der Waals surface area (Å²) in [4.78, 5) is 2.49. The summed E-state index contributed by atoms with van der Waals surface area (Å²) in [5, 5.41) is 4.87. The Kier molecular flexibility index (Phi) is 8.87. The van der Waals surface area contributed by atoms with E-state index < -0.39 is 0 Å². The van der Waals surface area contributed by atoms with Crippen molar-refractivity contribution in [2.45, 2.75) is 0 Å². The van der Waals surface area contributed by atoms with E-state index in [2.05, 4.69) is 252 Å². The van der Waals surface area contributed by atoms with Crippen molar-refractivity contribution in [1.82, 2.24) is 4.57 Å². The summed E-state index contributed by atoms with van der Waals surface area (Å²) < 4.78 is 2.40. The monoisotopic (exact) mass is 764 g/mol. The van der Waals surface area contributed by atoms with Crippen molar-refractivity contribution in [3.05, 3.63) is 243 Å². The van der Waals surface area contributed by atoms with Crippen molar-refractivity contribution < 1.29 is 0 Å². The largest absolute Gasteiger partial charge is 0.309 e. The molecule has 0 aliphatic rings. The quantitative estimate of drug-likeness (QED) is 0.150. The number of hydrogen-bond donors (Lipinski definition) is 0. The molecular weight excluding hydrogens is 725 g/mol. The van der Waals surface area contributed by atoms with Crippen LogP contribution in [0.3, 0.4) is 0 Å². The van der Waals surface area contributed by atoms with Crippen LogP contribution in [-0.4, -0.2) is 4.57 Å². The van der Waals surface area contributed by atoms with Crippen LogP contribution in [0.4, 0.5) is 17.1 Å². The summed E-state index contributed by atoms with van der Waals surface area (Å²) in [6.07, 6.45) is 0. The van der Waals surface area contributed by atoms with Gasteiger partial charge in [0, 0.05) is 27.7 Å². The van der Waals surface area contributed by atoms with Crippen LogP contribution in [0.2, 0.25) is 0 Å². The molecule has 0 amide bonds. The molecule has 2 heteroatoms. The van der Waals surface area contributed by atoms with Crippen LogP contribution in [0, 0.1) is 0 Å². The molecule has 0 atom stereocenters. The molecule has 2 nitrogen and oxygen atoms in total. The molecule has 0 radical (unpaired) electrons. The average Bonchev–Trinajstić information content (AvgIpc) is 3.67. The highest BCUT2D eigenvalue weighted by molar-refractivity contribution is 6.17. The molecule has 60 heavy (non-hydrogen) atoms. The molecule has 0 saturated carbocycles. The third-order valence-corrected chi connectivity index (χ3v) is 11.8. The summed E-state index contributed by atoms with van der Waals surface area (Å²) in [5.41, 5.74) is 16.3. The lowest BCUT2D eigenvalue weighted by Gasteiger charge is -2.30. The maximum Gasteiger partial charge on any atom is 0.0562 e. The molecule has 0 spiro atoms. The van der Waals surface area contributed by atoms with Crippen LogP contribution in [0.15, 0.2) is 243 Å². The fraction of sp³-hybridized carbons (Fsp3) is 0. The SMILES string of the molecule is c1ccc(-c2ccccc2-c2ccccc2-c2ccccc2N(c2cccc(-c3cccc4ccccc34)c2)c2cccc3c2c2ccccc2n3-c2ccccc2)cc1. The Labute approximate surface area is 350 Å². The predicted molar refractivity (Wildman–Crippen MR) is 255 cm³/mol. The number of anilines is 3. The van der Waals surface area contributed by atoms with E-state index in [4.69, 9.17) is 0 Å². The molecule has 0 aliphatic carbocycles. The smallest absolute Gasteiger partial charge is 0.0562 e. The number of hydrogen-bond acceptors (Lipinski definition) is 1. The molecule has 1 heterocycles. The Bertz CT molecular complexity index is 3320. The fourth-order valence-corrected chi connectivity index (χ4v) is 9.18. The highest BCUT2D eigenvalue weighted by Crippen LogP contribution is 2.49. The van der Waals surface area contributed by atoms with E-state index in [-0.39, 0.29) is 0 Å². The number of para-hydroxylation sites is 3. The molecule has 0 bridgehead atoms. The summed E-state index contributed by atoms with van der Waals surface area (Å²) >= 11 is 0.